The number of carbonyl (C=O) groups is 1. The summed E-state index contributed by atoms with van der Waals surface area (Å²) in [5.74, 6) is 1.44. The van der Waals surface area contributed by atoms with Gasteiger partial charge in [0.2, 0.25) is 5.91 Å². The first kappa shape index (κ1) is 25.4. The fourth-order valence-electron chi connectivity index (χ4n) is 4.32. The minimum absolute atomic E-state index is 0.0804. The number of ether oxygens (including phenoxy) is 1. The van der Waals surface area contributed by atoms with Crippen molar-refractivity contribution in [1.29, 1.82) is 0 Å². The Morgan fingerprint density at radius 3 is 2.81 bits per heavy atom. The summed E-state index contributed by atoms with van der Waals surface area (Å²) in [7, 11) is 4.06. The van der Waals surface area contributed by atoms with Gasteiger partial charge in [-0.3, -0.25) is 4.79 Å². The highest BCUT2D eigenvalue weighted by Gasteiger charge is 2.12. The van der Waals surface area contributed by atoms with Crippen LogP contribution in [0.5, 0.6) is 5.75 Å². The number of fused-ring (bicyclic) bond motifs is 3. The van der Waals surface area contributed by atoms with Gasteiger partial charge in [0.25, 0.3) is 0 Å². The molecule has 0 aliphatic heterocycles. The number of likely N-dealkylation sites (N-methyl/N-ethyl adjacent to an activating group) is 1. The minimum atomic E-state index is 0.0804. The van der Waals surface area contributed by atoms with Crippen LogP contribution in [-0.2, 0) is 17.8 Å². The van der Waals surface area contributed by atoms with Crippen molar-refractivity contribution in [1.82, 2.24) is 24.8 Å². The van der Waals surface area contributed by atoms with Crippen molar-refractivity contribution in [2.45, 2.75) is 39.2 Å². The molecule has 0 aliphatic rings. The molecule has 0 bridgehead atoms. The Balaban J connectivity index is 1.20. The fourth-order valence-corrected chi connectivity index (χ4v) is 4.32. The van der Waals surface area contributed by atoms with Crippen molar-refractivity contribution < 1.29 is 9.53 Å². The molecule has 0 aliphatic carbocycles. The second-order valence-electron chi connectivity index (χ2n) is 9.46. The minimum Gasteiger partial charge on any atom is -0.492 e. The number of aryl methyl sites for hydroxylation is 3. The molecule has 190 valence electrons. The lowest BCUT2D eigenvalue weighted by molar-refractivity contribution is -0.121. The van der Waals surface area contributed by atoms with Crippen LogP contribution in [-0.4, -0.2) is 59.1 Å². The second kappa shape index (κ2) is 11.9. The Labute approximate surface area is 212 Å². The topological polar surface area (TPSA) is 98.3 Å². The highest BCUT2D eigenvalue weighted by molar-refractivity contribution is 6.06. The molecule has 0 saturated carbocycles. The molecule has 4 rings (SSSR count). The molecule has 4 aromatic rings. The Kier molecular flexibility index (Phi) is 8.38. The number of nitrogens with one attached hydrogen (secondary N) is 1. The van der Waals surface area contributed by atoms with Gasteiger partial charge in [-0.2, -0.15) is 0 Å². The van der Waals surface area contributed by atoms with E-state index in [2.05, 4.69) is 36.9 Å². The van der Waals surface area contributed by atoms with Gasteiger partial charge in [0.1, 0.15) is 17.9 Å². The Bertz CT molecular complexity index is 1330. The van der Waals surface area contributed by atoms with Crippen molar-refractivity contribution in [3.05, 3.63) is 59.9 Å². The largest absolute Gasteiger partial charge is 0.492 e. The molecule has 0 atom stereocenters. The van der Waals surface area contributed by atoms with Crippen molar-refractivity contribution in [2.24, 2.45) is 0 Å². The lowest BCUT2D eigenvalue weighted by Crippen LogP contribution is -2.24. The molecule has 3 N–H and O–H groups in total. The number of rotatable bonds is 12. The predicted molar refractivity (Wildman–Crippen MR) is 145 cm³/mol. The van der Waals surface area contributed by atoms with Gasteiger partial charge in [0, 0.05) is 31.4 Å². The van der Waals surface area contributed by atoms with E-state index in [9.17, 15) is 4.79 Å². The first-order chi connectivity index (χ1) is 17.4. The fraction of sp³-hybridized carbons (Fsp3) is 0.393. The van der Waals surface area contributed by atoms with Crippen molar-refractivity contribution in [3.63, 3.8) is 0 Å². The van der Waals surface area contributed by atoms with Crippen LogP contribution >= 0.6 is 0 Å². The normalized spacial score (nSPS) is 11.4. The SMILES string of the molecule is Cc1cc(CCC(=O)NCCCCn2cnc3c(N)nc4ccccc4c32)ccc1OCCN(C)C. The Morgan fingerprint density at radius 2 is 2.00 bits per heavy atom. The summed E-state index contributed by atoms with van der Waals surface area (Å²) in [4.78, 5) is 23.4. The summed E-state index contributed by atoms with van der Waals surface area (Å²) < 4.78 is 7.98. The van der Waals surface area contributed by atoms with Crippen LogP contribution in [0.3, 0.4) is 0 Å². The van der Waals surface area contributed by atoms with Crippen molar-refractivity contribution in [2.75, 3.05) is 39.5 Å². The van der Waals surface area contributed by atoms with Crippen molar-refractivity contribution >= 4 is 33.7 Å². The van der Waals surface area contributed by atoms with Crippen LogP contribution in [0.25, 0.3) is 21.9 Å². The number of unbranched alkanes of at least 4 members (excludes halogenated alkanes) is 1. The quantitative estimate of drug-likeness (QED) is 0.293. The summed E-state index contributed by atoms with van der Waals surface area (Å²) in [5, 5.41) is 4.10. The van der Waals surface area contributed by atoms with Gasteiger partial charge in [-0.25, -0.2) is 9.97 Å². The molecule has 0 spiro atoms. The van der Waals surface area contributed by atoms with Gasteiger partial charge in [-0.05, 0) is 63.5 Å². The van der Waals surface area contributed by atoms with E-state index in [-0.39, 0.29) is 5.91 Å². The van der Waals surface area contributed by atoms with E-state index in [1.165, 1.54) is 0 Å². The van der Waals surface area contributed by atoms with Crippen molar-refractivity contribution in [3.8, 4) is 5.75 Å². The van der Waals surface area contributed by atoms with Crippen LogP contribution in [0.4, 0.5) is 5.82 Å². The van der Waals surface area contributed by atoms with Gasteiger partial charge in [0.15, 0.2) is 5.82 Å². The number of amides is 1. The van der Waals surface area contributed by atoms with E-state index in [4.69, 9.17) is 10.5 Å². The van der Waals surface area contributed by atoms with Gasteiger partial charge in [0.05, 0.1) is 17.4 Å². The van der Waals surface area contributed by atoms with E-state index < -0.39 is 0 Å². The summed E-state index contributed by atoms with van der Waals surface area (Å²) in [6.45, 7) is 5.05. The van der Waals surface area contributed by atoms with Crippen LogP contribution < -0.4 is 15.8 Å². The van der Waals surface area contributed by atoms with Crippen LogP contribution in [0, 0.1) is 6.92 Å². The zero-order valence-corrected chi connectivity index (χ0v) is 21.5. The van der Waals surface area contributed by atoms with E-state index in [1.54, 1.807) is 0 Å². The lowest BCUT2D eigenvalue weighted by Gasteiger charge is -2.13. The molecule has 0 fully saturated rings. The molecule has 1 amide bonds. The first-order valence-electron chi connectivity index (χ1n) is 12.5. The lowest BCUT2D eigenvalue weighted by atomic mass is 10.1. The number of aromatic nitrogens is 3. The summed E-state index contributed by atoms with van der Waals surface area (Å²) in [6, 6.07) is 14.1. The first-order valence-corrected chi connectivity index (χ1v) is 12.5. The molecule has 8 heteroatoms. The van der Waals surface area contributed by atoms with E-state index in [1.807, 2.05) is 57.7 Å². The van der Waals surface area contributed by atoms with Crippen LogP contribution in [0.15, 0.2) is 48.8 Å². The smallest absolute Gasteiger partial charge is 0.220 e. The number of imidazole rings is 1. The molecule has 0 radical (unpaired) electrons. The molecule has 2 aromatic heterocycles. The molecule has 0 unspecified atom stereocenters. The third-order valence-electron chi connectivity index (χ3n) is 6.30. The molecular formula is C28H36N6O2. The number of pyridine rings is 1. The molecular weight excluding hydrogens is 452 g/mol. The summed E-state index contributed by atoms with van der Waals surface area (Å²) in [6.07, 6.45) is 4.84. The number of hydrogen-bond donors (Lipinski definition) is 2. The van der Waals surface area contributed by atoms with Gasteiger partial charge < -0.3 is 25.3 Å². The summed E-state index contributed by atoms with van der Waals surface area (Å²) >= 11 is 0. The average molecular weight is 489 g/mol. The number of nitrogen functional groups attached to an aromatic ring is 1. The maximum Gasteiger partial charge on any atom is 0.220 e. The van der Waals surface area contributed by atoms with E-state index in [0.29, 0.717) is 31.8 Å². The Morgan fingerprint density at radius 1 is 1.17 bits per heavy atom. The zero-order chi connectivity index (χ0) is 25.5. The molecule has 2 heterocycles. The molecule has 2 aromatic carbocycles. The maximum atomic E-state index is 12.3. The number of benzene rings is 2. The Hall–Kier alpha value is -3.65. The number of hydrogen-bond acceptors (Lipinski definition) is 6. The number of nitrogens with two attached hydrogens (primary N) is 1. The van der Waals surface area contributed by atoms with Gasteiger partial charge in [-0.1, -0.05) is 30.3 Å². The van der Waals surface area contributed by atoms with E-state index in [0.717, 1.165) is 64.7 Å². The second-order valence-corrected chi connectivity index (χ2v) is 9.46. The third kappa shape index (κ3) is 6.31. The van der Waals surface area contributed by atoms with Gasteiger partial charge >= 0.3 is 0 Å². The average Bonchev–Trinajstić information content (AvgIpc) is 3.28. The number of carbonyl (C=O) groups excluding carboxylic acids is 1. The molecule has 8 nitrogen and oxygen atoms in total. The number of anilines is 1. The maximum absolute atomic E-state index is 12.3. The standard InChI is InChI=1S/C28H36N6O2/c1-20-18-21(10-12-24(20)36-17-16-33(2)3)11-13-25(35)30-14-6-7-15-34-19-31-26-27(34)22-8-4-5-9-23(22)32-28(26)29/h4-5,8-10,12,18-19H,6-7,11,13-17H2,1-3H3,(H2,29,32)(H,30,35). The van der Waals surface area contributed by atoms with Gasteiger partial charge in [-0.15, -0.1) is 0 Å². The number of nitrogens with zero attached hydrogens (tertiary/aromatic N) is 4. The van der Waals surface area contributed by atoms with Crippen LogP contribution in [0.2, 0.25) is 0 Å². The highest BCUT2D eigenvalue weighted by Crippen LogP contribution is 2.27. The summed E-state index contributed by atoms with van der Waals surface area (Å²) in [5.41, 5.74) is 11.0. The van der Waals surface area contributed by atoms with E-state index >= 15 is 0 Å². The third-order valence-corrected chi connectivity index (χ3v) is 6.30. The zero-order valence-electron chi connectivity index (χ0n) is 21.5. The molecule has 36 heavy (non-hydrogen) atoms. The number of para-hydroxylation sites is 1. The highest BCUT2D eigenvalue weighted by atomic mass is 16.5. The predicted octanol–water partition coefficient (Wildman–Crippen LogP) is 3.94. The van der Waals surface area contributed by atoms with Crippen LogP contribution in [0.1, 0.15) is 30.4 Å². The molecule has 0 saturated heterocycles. The monoisotopic (exact) mass is 488 g/mol.